The Morgan fingerprint density at radius 2 is 2.11 bits per heavy atom. The van der Waals surface area contributed by atoms with Crippen molar-refractivity contribution < 1.29 is 9.53 Å². The molecule has 1 unspecified atom stereocenters. The number of aryl methyl sites for hydroxylation is 1. The van der Waals surface area contributed by atoms with E-state index in [1.54, 1.807) is 0 Å². The Labute approximate surface area is 122 Å². The van der Waals surface area contributed by atoms with E-state index in [1.165, 1.54) is 0 Å². The number of alkyl carbamates (subject to hydrolysis) is 1. The van der Waals surface area contributed by atoms with Gasteiger partial charge in [0, 0.05) is 11.0 Å². The molecule has 0 fully saturated rings. The molecule has 0 radical (unpaired) electrons. The first-order chi connectivity index (χ1) is 8.73. The van der Waals surface area contributed by atoms with E-state index >= 15 is 0 Å². The van der Waals surface area contributed by atoms with Crippen LogP contribution in [0, 0.1) is 6.92 Å². The number of benzene rings is 1. The number of rotatable bonds is 3. The first-order valence-electron chi connectivity index (χ1n) is 6.18. The summed E-state index contributed by atoms with van der Waals surface area (Å²) in [5.41, 5.74) is 7.27. The fourth-order valence-electron chi connectivity index (χ4n) is 1.61. The van der Waals surface area contributed by atoms with Crippen molar-refractivity contribution in [3.63, 3.8) is 0 Å². The maximum atomic E-state index is 11.8. The second-order valence-electron chi connectivity index (χ2n) is 5.44. The van der Waals surface area contributed by atoms with Gasteiger partial charge in [-0.15, -0.1) is 0 Å². The molecule has 1 atom stereocenters. The standard InChI is InChI=1S/C14H21BrN2O2/c1-9-7-10(5-6-11(9)15)12(8-16)17-13(18)19-14(2,3)4/h5-7,12H,8,16H2,1-4H3,(H,17,18). The third-order valence-electron chi connectivity index (χ3n) is 2.51. The topological polar surface area (TPSA) is 64.3 Å². The molecule has 4 nitrogen and oxygen atoms in total. The molecule has 0 saturated heterocycles. The maximum Gasteiger partial charge on any atom is 0.408 e. The van der Waals surface area contributed by atoms with Crippen LogP contribution in [0.3, 0.4) is 0 Å². The second kappa shape index (κ2) is 6.39. The average molecular weight is 329 g/mol. The van der Waals surface area contributed by atoms with Crippen molar-refractivity contribution >= 4 is 22.0 Å². The highest BCUT2D eigenvalue weighted by atomic mass is 79.9. The molecule has 0 spiro atoms. The normalized spacial score (nSPS) is 12.9. The minimum absolute atomic E-state index is 0.248. The van der Waals surface area contributed by atoms with Crippen molar-refractivity contribution in [3.05, 3.63) is 33.8 Å². The summed E-state index contributed by atoms with van der Waals surface area (Å²) in [6.45, 7) is 7.80. The van der Waals surface area contributed by atoms with Crippen LogP contribution < -0.4 is 11.1 Å². The van der Waals surface area contributed by atoms with Crippen LogP contribution in [0.4, 0.5) is 4.79 Å². The zero-order valence-corrected chi connectivity index (χ0v) is 13.4. The molecule has 0 aliphatic rings. The van der Waals surface area contributed by atoms with Gasteiger partial charge in [-0.05, 0) is 44.9 Å². The molecular formula is C14H21BrN2O2. The molecule has 19 heavy (non-hydrogen) atoms. The van der Waals surface area contributed by atoms with E-state index in [1.807, 2.05) is 45.9 Å². The van der Waals surface area contributed by atoms with Crippen LogP contribution in [-0.2, 0) is 4.74 Å². The maximum absolute atomic E-state index is 11.8. The lowest BCUT2D eigenvalue weighted by atomic mass is 10.0. The third kappa shape index (κ3) is 5.20. The number of nitrogens with one attached hydrogen (secondary N) is 1. The van der Waals surface area contributed by atoms with Gasteiger partial charge < -0.3 is 15.8 Å². The number of amides is 1. The number of hydrogen-bond donors (Lipinski definition) is 2. The molecule has 3 N–H and O–H groups in total. The summed E-state index contributed by atoms with van der Waals surface area (Å²) >= 11 is 3.45. The third-order valence-corrected chi connectivity index (χ3v) is 3.40. The van der Waals surface area contributed by atoms with Crippen LogP contribution in [0.25, 0.3) is 0 Å². The zero-order valence-electron chi connectivity index (χ0n) is 11.8. The van der Waals surface area contributed by atoms with Gasteiger partial charge in [0.05, 0.1) is 6.04 Å². The van der Waals surface area contributed by atoms with Crippen molar-refractivity contribution in [2.45, 2.75) is 39.3 Å². The predicted molar refractivity (Wildman–Crippen MR) is 80.0 cm³/mol. The van der Waals surface area contributed by atoms with Gasteiger partial charge in [0.25, 0.3) is 0 Å². The molecule has 0 heterocycles. The van der Waals surface area contributed by atoms with Crippen molar-refractivity contribution in [3.8, 4) is 0 Å². The summed E-state index contributed by atoms with van der Waals surface area (Å²) in [5.74, 6) is 0. The zero-order chi connectivity index (χ0) is 14.6. The van der Waals surface area contributed by atoms with Gasteiger partial charge >= 0.3 is 6.09 Å². The Morgan fingerprint density at radius 3 is 2.58 bits per heavy atom. The van der Waals surface area contributed by atoms with Gasteiger partial charge in [-0.2, -0.15) is 0 Å². The highest BCUT2D eigenvalue weighted by molar-refractivity contribution is 9.10. The van der Waals surface area contributed by atoms with E-state index in [2.05, 4.69) is 21.2 Å². The Morgan fingerprint density at radius 1 is 1.47 bits per heavy atom. The van der Waals surface area contributed by atoms with E-state index in [0.29, 0.717) is 6.54 Å². The van der Waals surface area contributed by atoms with E-state index in [-0.39, 0.29) is 6.04 Å². The Balaban J connectivity index is 2.78. The largest absolute Gasteiger partial charge is 0.444 e. The molecular weight excluding hydrogens is 308 g/mol. The predicted octanol–water partition coefficient (Wildman–Crippen LogP) is 3.28. The van der Waals surface area contributed by atoms with Gasteiger partial charge in [-0.3, -0.25) is 0 Å². The van der Waals surface area contributed by atoms with E-state index in [0.717, 1.165) is 15.6 Å². The molecule has 106 valence electrons. The molecule has 1 amide bonds. The molecule has 1 aromatic carbocycles. The quantitative estimate of drug-likeness (QED) is 0.894. The van der Waals surface area contributed by atoms with Crippen molar-refractivity contribution in [1.82, 2.24) is 5.32 Å². The van der Waals surface area contributed by atoms with Gasteiger partial charge in [-0.25, -0.2) is 4.79 Å². The highest BCUT2D eigenvalue weighted by Crippen LogP contribution is 2.21. The van der Waals surface area contributed by atoms with E-state index in [4.69, 9.17) is 10.5 Å². The molecule has 1 aromatic rings. The fourth-order valence-corrected chi connectivity index (χ4v) is 1.86. The van der Waals surface area contributed by atoms with Gasteiger partial charge in [0.15, 0.2) is 0 Å². The summed E-state index contributed by atoms with van der Waals surface area (Å²) in [7, 11) is 0. The van der Waals surface area contributed by atoms with Gasteiger partial charge in [-0.1, -0.05) is 28.1 Å². The van der Waals surface area contributed by atoms with Crippen molar-refractivity contribution in [2.24, 2.45) is 5.73 Å². The van der Waals surface area contributed by atoms with E-state index < -0.39 is 11.7 Å². The number of halogens is 1. The molecule has 0 aliphatic heterocycles. The Bertz CT molecular complexity index is 455. The summed E-state index contributed by atoms with van der Waals surface area (Å²) < 4.78 is 6.26. The minimum atomic E-state index is -0.515. The monoisotopic (exact) mass is 328 g/mol. The molecule has 0 saturated carbocycles. The van der Waals surface area contributed by atoms with Gasteiger partial charge in [0.1, 0.15) is 5.60 Å². The van der Waals surface area contributed by atoms with Crippen LogP contribution in [0.15, 0.2) is 22.7 Å². The smallest absolute Gasteiger partial charge is 0.408 e. The van der Waals surface area contributed by atoms with Crippen LogP contribution in [0.1, 0.15) is 37.9 Å². The lowest BCUT2D eigenvalue weighted by Gasteiger charge is -2.23. The number of carbonyl (C=O) groups is 1. The first kappa shape index (κ1) is 16.0. The summed E-state index contributed by atoms with van der Waals surface area (Å²) in [6, 6.07) is 5.64. The summed E-state index contributed by atoms with van der Waals surface area (Å²) in [6.07, 6.45) is -0.455. The van der Waals surface area contributed by atoms with Crippen LogP contribution in [0.5, 0.6) is 0 Å². The van der Waals surface area contributed by atoms with Gasteiger partial charge in [0.2, 0.25) is 0 Å². The summed E-state index contributed by atoms with van der Waals surface area (Å²) in [4.78, 5) is 11.8. The number of ether oxygens (including phenoxy) is 1. The lowest BCUT2D eigenvalue weighted by Crippen LogP contribution is -2.37. The first-order valence-corrected chi connectivity index (χ1v) is 6.98. The number of nitrogens with two attached hydrogens (primary N) is 1. The molecule has 0 aromatic heterocycles. The van der Waals surface area contributed by atoms with Crippen LogP contribution >= 0.6 is 15.9 Å². The Kier molecular flexibility index (Phi) is 5.38. The molecule has 5 heteroatoms. The lowest BCUT2D eigenvalue weighted by molar-refractivity contribution is 0.0505. The molecule has 1 rings (SSSR count). The highest BCUT2D eigenvalue weighted by Gasteiger charge is 2.19. The van der Waals surface area contributed by atoms with Crippen molar-refractivity contribution in [1.29, 1.82) is 0 Å². The minimum Gasteiger partial charge on any atom is -0.444 e. The second-order valence-corrected chi connectivity index (χ2v) is 6.30. The number of hydrogen-bond acceptors (Lipinski definition) is 3. The fraction of sp³-hybridized carbons (Fsp3) is 0.500. The van der Waals surface area contributed by atoms with Crippen LogP contribution in [0.2, 0.25) is 0 Å². The average Bonchev–Trinajstić information content (AvgIpc) is 2.27. The number of carbonyl (C=O) groups excluding carboxylic acids is 1. The van der Waals surface area contributed by atoms with E-state index in [9.17, 15) is 4.79 Å². The summed E-state index contributed by atoms with van der Waals surface area (Å²) in [5, 5.41) is 2.78. The van der Waals surface area contributed by atoms with Crippen molar-refractivity contribution in [2.75, 3.05) is 6.54 Å². The SMILES string of the molecule is Cc1cc(C(CN)NC(=O)OC(C)(C)C)ccc1Br. The molecule has 0 bridgehead atoms. The Hall–Kier alpha value is -1.07. The molecule has 0 aliphatic carbocycles. The van der Waals surface area contributed by atoms with Crippen LogP contribution in [-0.4, -0.2) is 18.2 Å².